The average Bonchev–Trinajstić information content (AvgIpc) is 3.35. The zero-order valence-electron chi connectivity index (χ0n) is 13.6. The number of carbonyl (C=O) groups excluding carboxylic acids is 1. The number of hydrogen-bond acceptors (Lipinski definition) is 4. The first kappa shape index (κ1) is 14.9. The van der Waals surface area contributed by atoms with Crippen molar-refractivity contribution < 1.29 is 19.0 Å². The van der Waals surface area contributed by atoms with Crippen molar-refractivity contribution in [3.63, 3.8) is 0 Å². The molecule has 2 saturated heterocycles. The van der Waals surface area contributed by atoms with Crippen molar-refractivity contribution in [1.29, 1.82) is 0 Å². The molecule has 4 fully saturated rings. The fourth-order valence-electron chi connectivity index (χ4n) is 4.74. The molecular weight excluding hydrogens is 280 g/mol. The van der Waals surface area contributed by atoms with Crippen LogP contribution in [-0.4, -0.2) is 42.9 Å². The lowest BCUT2D eigenvalue weighted by atomic mass is 9.69. The molecule has 0 amide bonds. The largest absolute Gasteiger partial charge is 0.373 e. The fourth-order valence-corrected chi connectivity index (χ4v) is 4.74. The van der Waals surface area contributed by atoms with Crippen LogP contribution in [0.15, 0.2) is 11.6 Å². The Kier molecular flexibility index (Phi) is 3.48. The highest BCUT2D eigenvalue weighted by Crippen LogP contribution is 2.58. The summed E-state index contributed by atoms with van der Waals surface area (Å²) in [5.74, 6) is 0.247. The summed E-state index contributed by atoms with van der Waals surface area (Å²) in [6.45, 7) is 2.89. The molecule has 2 heterocycles. The van der Waals surface area contributed by atoms with E-state index in [-0.39, 0.29) is 35.1 Å². The van der Waals surface area contributed by atoms with Gasteiger partial charge in [-0.3, -0.25) is 4.79 Å². The van der Waals surface area contributed by atoms with Crippen molar-refractivity contribution in [3.05, 3.63) is 11.6 Å². The summed E-state index contributed by atoms with van der Waals surface area (Å²) in [6.07, 6.45) is 9.71. The summed E-state index contributed by atoms with van der Waals surface area (Å²) in [7, 11) is 1.64. The first-order valence-corrected chi connectivity index (χ1v) is 8.64. The Morgan fingerprint density at radius 3 is 2.68 bits per heavy atom. The van der Waals surface area contributed by atoms with Gasteiger partial charge in [0.05, 0.1) is 18.6 Å². The minimum Gasteiger partial charge on any atom is -0.373 e. The van der Waals surface area contributed by atoms with Gasteiger partial charge in [-0.05, 0) is 45.4 Å². The number of rotatable bonds is 4. The minimum absolute atomic E-state index is 0.0400. The lowest BCUT2D eigenvalue weighted by Gasteiger charge is -2.37. The van der Waals surface area contributed by atoms with E-state index in [1.54, 1.807) is 12.7 Å². The Hall–Kier alpha value is -0.710. The average molecular weight is 306 g/mol. The topological polar surface area (TPSA) is 51.4 Å². The smallest absolute Gasteiger partial charge is 0.162 e. The number of methoxy groups -OCH3 is 1. The van der Waals surface area contributed by atoms with Crippen molar-refractivity contribution in [2.45, 2.75) is 75.3 Å². The Morgan fingerprint density at radius 2 is 2.05 bits per heavy atom. The Balaban J connectivity index is 1.50. The van der Waals surface area contributed by atoms with Gasteiger partial charge < -0.3 is 14.2 Å². The number of hydrogen-bond donors (Lipinski definition) is 0. The van der Waals surface area contributed by atoms with E-state index in [0.29, 0.717) is 6.42 Å². The van der Waals surface area contributed by atoms with Gasteiger partial charge in [0.2, 0.25) is 0 Å². The maximum absolute atomic E-state index is 12.3. The second-order valence-corrected chi connectivity index (χ2v) is 7.55. The second kappa shape index (κ2) is 5.15. The third-order valence-electron chi connectivity index (χ3n) is 6.21. The predicted molar refractivity (Wildman–Crippen MR) is 81.7 cm³/mol. The zero-order valence-corrected chi connectivity index (χ0v) is 13.6. The zero-order chi connectivity index (χ0) is 15.4. The highest BCUT2D eigenvalue weighted by Gasteiger charge is 2.71. The second-order valence-electron chi connectivity index (χ2n) is 7.55. The van der Waals surface area contributed by atoms with Gasteiger partial charge in [-0.25, -0.2) is 0 Å². The molecule has 0 radical (unpaired) electrons. The van der Waals surface area contributed by atoms with Crippen molar-refractivity contribution in [3.8, 4) is 0 Å². The Bertz CT molecular complexity index is 499. The van der Waals surface area contributed by atoms with E-state index < -0.39 is 0 Å². The first-order valence-electron chi connectivity index (χ1n) is 8.64. The van der Waals surface area contributed by atoms with Crippen molar-refractivity contribution in [1.82, 2.24) is 0 Å². The minimum atomic E-state index is -0.370. The summed E-state index contributed by atoms with van der Waals surface area (Å²) in [5, 5.41) is 0. The van der Waals surface area contributed by atoms with Crippen LogP contribution in [0.3, 0.4) is 0 Å². The predicted octanol–water partition coefficient (Wildman–Crippen LogP) is 2.80. The van der Waals surface area contributed by atoms with E-state index >= 15 is 0 Å². The Labute approximate surface area is 132 Å². The molecule has 2 aliphatic carbocycles. The number of ketones is 1. The summed E-state index contributed by atoms with van der Waals surface area (Å²) < 4.78 is 17.5. The van der Waals surface area contributed by atoms with Gasteiger partial charge in [0.1, 0.15) is 17.3 Å². The molecular formula is C18H26O4. The fraction of sp³-hybridized carbons (Fsp3) is 0.833. The monoisotopic (exact) mass is 306 g/mol. The van der Waals surface area contributed by atoms with Gasteiger partial charge in [0, 0.05) is 13.5 Å². The third kappa shape index (κ3) is 2.27. The van der Waals surface area contributed by atoms with E-state index in [1.165, 1.54) is 25.7 Å². The molecule has 5 atom stereocenters. The normalized spacial score (nSPS) is 47.1. The van der Waals surface area contributed by atoms with Crippen LogP contribution in [-0.2, 0) is 19.0 Å². The highest BCUT2D eigenvalue weighted by atomic mass is 16.6. The van der Waals surface area contributed by atoms with Gasteiger partial charge in [-0.2, -0.15) is 0 Å². The number of ether oxygens (including phenoxy) is 3. The van der Waals surface area contributed by atoms with E-state index in [9.17, 15) is 4.79 Å². The molecule has 1 unspecified atom stereocenters. The van der Waals surface area contributed by atoms with Gasteiger partial charge in [0.25, 0.3) is 0 Å². The van der Waals surface area contributed by atoms with Crippen LogP contribution in [0.5, 0.6) is 0 Å². The molecule has 4 heteroatoms. The molecule has 0 aromatic carbocycles. The van der Waals surface area contributed by atoms with Crippen molar-refractivity contribution in [2.75, 3.05) is 13.7 Å². The van der Waals surface area contributed by atoms with E-state index in [0.717, 1.165) is 19.4 Å². The SMILES string of the molecule is CO[C@@H]1C(=O)CC[C@]2(CO2)[C@H]1[C@@]1(C)OC1CC=C1CCCC1. The number of allylic oxidation sites excluding steroid dienone is 1. The summed E-state index contributed by atoms with van der Waals surface area (Å²) in [4.78, 5) is 12.3. The van der Waals surface area contributed by atoms with E-state index in [4.69, 9.17) is 14.2 Å². The lowest BCUT2D eigenvalue weighted by Crippen LogP contribution is -2.52. The molecule has 22 heavy (non-hydrogen) atoms. The van der Waals surface area contributed by atoms with Gasteiger partial charge >= 0.3 is 0 Å². The van der Waals surface area contributed by atoms with Gasteiger partial charge in [0.15, 0.2) is 5.78 Å². The third-order valence-corrected chi connectivity index (χ3v) is 6.21. The molecule has 4 nitrogen and oxygen atoms in total. The van der Waals surface area contributed by atoms with Crippen molar-refractivity contribution >= 4 is 5.78 Å². The number of carbonyl (C=O) groups is 1. The standard InChI is InChI=1S/C18H26O4/c1-17(14(22-17)8-7-12-5-3-4-6-12)16-15(20-2)13(19)9-10-18(16)11-21-18/h7,14-16H,3-6,8-11H2,1-2H3/t14?,15-,16-,17+,18+/m1/s1. The van der Waals surface area contributed by atoms with Crippen LogP contribution < -0.4 is 0 Å². The van der Waals surface area contributed by atoms with Crippen molar-refractivity contribution in [2.24, 2.45) is 5.92 Å². The van der Waals surface area contributed by atoms with Crippen LogP contribution in [0.4, 0.5) is 0 Å². The van der Waals surface area contributed by atoms with E-state index in [2.05, 4.69) is 13.0 Å². The molecule has 2 aliphatic heterocycles. The first-order chi connectivity index (χ1) is 10.6. The molecule has 122 valence electrons. The molecule has 4 aliphatic rings. The maximum atomic E-state index is 12.3. The van der Waals surface area contributed by atoms with Crippen LogP contribution >= 0.6 is 0 Å². The van der Waals surface area contributed by atoms with Crippen LogP contribution in [0.1, 0.15) is 51.9 Å². The lowest BCUT2D eigenvalue weighted by molar-refractivity contribution is -0.142. The summed E-state index contributed by atoms with van der Waals surface area (Å²) >= 11 is 0. The molecule has 0 N–H and O–H groups in total. The molecule has 0 aromatic heterocycles. The Morgan fingerprint density at radius 1 is 1.32 bits per heavy atom. The number of epoxide rings is 2. The van der Waals surface area contributed by atoms with Crippen LogP contribution in [0.25, 0.3) is 0 Å². The number of Topliss-reactive ketones (excluding diaryl/α,β-unsaturated/α-hetero) is 1. The highest BCUT2D eigenvalue weighted by molar-refractivity contribution is 5.85. The van der Waals surface area contributed by atoms with Crippen LogP contribution in [0.2, 0.25) is 0 Å². The molecule has 2 saturated carbocycles. The van der Waals surface area contributed by atoms with E-state index in [1.807, 2.05) is 0 Å². The molecule has 4 rings (SSSR count). The van der Waals surface area contributed by atoms with Crippen LogP contribution in [0, 0.1) is 5.92 Å². The molecule has 1 spiro atoms. The summed E-state index contributed by atoms with van der Waals surface area (Å²) in [5.41, 5.74) is 1.14. The van der Waals surface area contributed by atoms with Gasteiger partial charge in [-0.1, -0.05) is 11.6 Å². The quantitative estimate of drug-likeness (QED) is 0.592. The summed E-state index contributed by atoms with van der Waals surface area (Å²) in [6, 6.07) is 0. The maximum Gasteiger partial charge on any atom is 0.162 e. The molecule has 0 bridgehead atoms. The molecule has 0 aromatic rings. The van der Waals surface area contributed by atoms with Gasteiger partial charge in [-0.15, -0.1) is 0 Å².